The highest BCUT2D eigenvalue weighted by molar-refractivity contribution is 7.91. The zero-order chi connectivity index (χ0) is 20.6. The van der Waals surface area contributed by atoms with Crippen LogP contribution in [0.3, 0.4) is 0 Å². The van der Waals surface area contributed by atoms with Crippen LogP contribution in [-0.2, 0) is 9.84 Å². The Morgan fingerprint density at radius 2 is 1.79 bits per heavy atom. The minimum Gasteiger partial charge on any atom is -0.486 e. The molecule has 2 heterocycles. The van der Waals surface area contributed by atoms with Gasteiger partial charge in [-0.25, -0.2) is 8.42 Å². The maximum atomic E-state index is 13.4. The number of fused-ring (bicyclic) bond motifs is 1. The van der Waals surface area contributed by atoms with Crippen molar-refractivity contribution in [2.24, 2.45) is 0 Å². The van der Waals surface area contributed by atoms with E-state index in [0.717, 1.165) is 0 Å². The van der Waals surface area contributed by atoms with E-state index in [2.05, 4.69) is 10.3 Å². The maximum Gasteiger partial charge on any atom is 0.234 e. The highest BCUT2D eigenvalue weighted by Crippen LogP contribution is 2.38. The van der Waals surface area contributed by atoms with Crippen molar-refractivity contribution in [3.8, 4) is 23.0 Å². The first-order chi connectivity index (χ1) is 13.9. The highest BCUT2D eigenvalue weighted by atomic mass is 35.5. The van der Waals surface area contributed by atoms with Crippen molar-refractivity contribution in [1.82, 2.24) is 4.98 Å². The summed E-state index contributed by atoms with van der Waals surface area (Å²) in [5.74, 6) is 1.07. The Hall–Kier alpha value is -2.71. The van der Waals surface area contributed by atoms with Crippen molar-refractivity contribution in [3.63, 3.8) is 0 Å². The quantitative estimate of drug-likeness (QED) is 0.635. The summed E-state index contributed by atoms with van der Waals surface area (Å²) in [6.45, 7) is 4.53. The lowest BCUT2D eigenvalue weighted by molar-refractivity contribution is 0.171. The molecule has 29 heavy (non-hydrogen) atoms. The van der Waals surface area contributed by atoms with Gasteiger partial charge >= 0.3 is 0 Å². The number of aromatic nitrogens is 1. The van der Waals surface area contributed by atoms with Crippen LogP contribution in [0.5, 0.6) is 11.5 Å². The van der Waals surface area contributed by atoms with Crippen molar-refractivity contribution in [1.29, 1.82) is 0 Å². The summed E-state index contributed by atoms with van der Waals surface area (Å²) in [6.07, 6.45) is 0. The van der Waals surface area contributed by atoms with Crippen molar-refractivity contribution in [2.75, 3.05) is 18.5 Å². The van der Waals surface area contributed by atoms with E-state index in [-0.39, 0.29) is 27.7 Å². The van der Waals surface area contributed by atoms with Gasteiger partial charge in [-0.15, -0.1) is 0 Å². The molecule has 0 aliphatic carbocycles. The molecule has 0 unspecified atom stereocenters. The molecule has 0 spiro atoms. The average Bonchev–Trinajstić information content (AvgIpc) is 3.11. The van der Waals surface area contributed by atoms with E-state index < -0.39 is 9.84 Å². The molecule has 7 nitrogen and oxygen atoms in total. The van der Waals surface area contributed by atoms with Gasteiger partial charge in [-0.1, -0.05) is 23.7 Å². The molecule has 1 aliphatic heterocycles. The standard InChI is InChI=1S/C20H19ClN2O5S/c1-12(2)22-19-20(23-18(28-19)14-5-3-4-6-15(14)21)29(24,25)13-7-8-16-17(11-13)27-10-9-26-16/h3-8,11-12,22H,9-10H2,1-2H3. The first-order valence-electron chi connectivity index (χ1n) is 9.03. The number of ether oxygens (including phenoxy) is 2. The minimum atomic E-state index is -3.99. The number of sulfone groups is 1. The van der Waals surface area contributed by atoms with Crippen LogP contribution >= 0.6 is 11.6 Å². The van der Waals surface area contributed by atoms with Gasteiger partial charge in [0.05, 0.1) is 15.5 Å². The number of hydrogen-bond donors (Lipinski definition) is 1. The normalized spacial score (nSPS) is 13.5. The Labute approximate surface area is 173 Å². The molecule has 0 bridgehead atoms. The summed E-state index contributed by atoms with van der Waals surface area (Å²) < 4.78 is 43.5. The topological polar surface area (TPSA) is 90.7 Å². The second kappa shape index (κ2) is 7.61. The molecule has 9 heteroatoms. The van der Waals surface area contributed by atoms with Gasteiger partial charge in [0, 0.05) is 12.1 Å². The van der Waals surface area contributed by atoms with Gasteiger partial charge < -0.3 is 19.2 Å². The Kier molecular flexibility index (Phi) is 5.14. The first kappa shape index (κ1) is 19.6. The molecular formula is C20H19ClN2O5S. The van der Waals surface area contributed by atoms with Crippen LogP contribution in [0.15, 0.2) is 56.8 Å². The number of rotatable bonds is 5. The molecule has 0 amide bonds. The van der Waals surface area contributed by atoms with Crippen LogP contribution in [0.1, 0.15) is 13.8 Å². The predicted molar refractivity (Wildman–Crippen MR) is 109 cm³/mol. The molecular weight excluding hydrogens is 416 g/mol. The minimum absolute atomic E-state index is 0.0348. The van der Waals surface area contributed by atoms with E-state index in [1.807, 2.05) is 13.8 Å². The second-order valence-electron chi connectivity index (χ2n) is 6.74. The van der Waals surface area contributed by atoms with Crippen molar-refractivity contribution in [2.45, 2.75) is 29.8 Å². The van der Waals surface area contributed by atoms with E-state index in [9.17, 15) is 8.42 Å². The predicted octanol–water partition coefficient (Wildman–Crippen LogP) is 4.42. The fourth-order valence-corrected chi connectivity index (χ4v) is 4.39. The number of halogens is 1. The van der Waals surface area contributed by atoms with Gasteiger partial charge in [-0.2, -0.15) is 4.98 Å². The molecule has 1 aromatic heterocycles. The van der Waals surface area contributed by atoms with Crippen molar-refractivity contribution < 1.29 is 22.3 Å². The van der Waals surface area contributed by atoms with Crippen LogP contribution in [0, 0.1) is 0 Å². The van der Waals surface area contributed by atoms with Crippen molar-refractivity contribution in [3.05, 3.63) is 47.5 Å². The molecule has 0 atom stereocenters. The summed E-state index contributed by atoms with van der Waals surface area (Å²) in [5, 5.41) is 3.21. The van der Waals surface area contributed by atoms with E-state index in [1.54, 1.807) is 30.3 Å². The van der Waals surface area contributed by atoms with E-state index in [4.69, 9.17) is 25.5 Å². The summed E-state index contributed by atoms with van der Waals surface area (Å²) in [6, 6.07) is 11.4. The van der Waals surface area contributed by atoms with Crippen LogP contribution in [-0.4, -0.2) is 32.7 Å². The lowest BCUT2D eigenvalue weighted by atomic mass is 10.2. The van der Waals surface area contributed by atoms with Gasteiger partial charge in [-0.3, -0.25) is 0 Å². The lowest BCUT2D eigenvalue weighted by Crippen LogP contribution is -2.16. The van der Waals surface area contributed by atoms with Gasteiger partial charge in [0.15, 0.2) is 11.5 Å². The molecule has 0 saturated heterocycles. The largest absolute Gasteiger partial charge is 0.486 e. The molecule has 0 saturated carbocycles. The monoisotopic (exact) mass is 434 g/mol. The average molecular weight is 435 g/mol. The Bertz CT molecular complexity index is 1160. The van der Waals surface area contributed by atoms with E-state index in [1.165, 1.54) is 12.1 Å². The smallest absolute Gasteiger partial charge is 0.234 e. The Balaban J connectivity index is 1.83. The van der Waals surface area contributed by atoms with Crippen LogP contribution < -0.4 is 14.8 Å². The molecule has 0 fully saturated rings. The third-order valence-electron chi connectivity index (χ3n) is 4.20. The second-order valence-corrected chi connectivity index (χ2v) is 9.01. The molecule has 3 aromatic rings. The lowest BCUT2D eigenvalue weighted by Gasteiger charge is -2.18. The zero-order valence-corrected chi connectivity index (χ0v) is 17.4. The summed E-state index contributed by atoms with van der Waals surface area (Å²) in [7, 11) is -3.99. The molecule has 1 aliphatic rings. The van der Waals surface area contributed by atoms with E-state index in [0.29, 0.717) is 35.3 Å². The van der Waals surface area contributed by atoms with E-state index >= 15 is 0 Å². The summed E-state index contributed by atoms with van der Waals surface area (Å²) in [4.78, 5) is 4.32. The highest BCUT2D eigenvalue weighted by Gasteiger charge is 2.30. The zero-order valence-electron chi connectivity index (χ0n) is 15.8. The Morgan fingerprint density at radius 1 is 1.07 bits per heavy atom. The number of nitrogens with one attached hydrogen (secondary N) is 1. The molecule has 152 valence electrons. The SMILES string of the molecule is CC(C)Nc1oc(-c2ccccc2Cl)nc1S(=O)(=O)c1ccc2c(c1)OCCO2. The van der Waals surface area contributed by atoms with Crippen molar-refractivity contribution >= 4 is 27.3 Å². The van der Waals surface area contributed by atoms with Gasteiger partial charge in [0.1, 0.15) is 13.2 Å². The van der Waals surface area contributed by atoms with Gasteiger partial charge in [0.2, 0.25) is 26.6 Å². The van der Waals surface area contributed by atoms with Crippen LogP contribution in [0.2, 0.25) is 5.02 Å². The first-order valence-corrected chi connectivity index (χ1v) is 10.9. The molecule has 2 aromatic carbocycles. The third-order valence-corrected chi connectivity index (χ3v) is 6.19. The van der Waals surface area contributed by atoms with Crippen LogP contribution in [0.25, 0.3) is 11.5 Å². The number of oxazole rings is 1. The summed E-state index contributed by atoms with van der Waals surface area (Å²) in [5.41, 5.74) is 0.504. The number of benzene rings is 2. The third kappa shape index (κ3) is 3.77. The number of nitrogens with zero attached hydrogens (tertiary/aromatic N) is 1. The van der Waals surface area contributed by atoms with Gasteiger partial charge in [0.25, 0.3) is 0 Å². The molecule has 1 N–H and O–H groups in total. The molecule has 4 rings (SSSR count). The fourth-order valence-electron chi connectivity index (χ4n) is 2.89. The molecule has 0 radical (unpaired) electrons. The van der Waals surface area contributed by atoms with Crippen LogP contribution in [0.4, 0.5) is 5.88 Å². The fraction of sp³-hybridized carbons (Fsp3) is 0.250. The van der Waals surface area contributed by atoms with Gasteiger partial charge in [-0.05, 0) is 38.1 Å². The maximum absolute atomic E-state index is 13.4. The Morgan fingerprint density at radius 3 is 2.52 bits per heavy atom. The number of anilines is 1. The summed E-state index contributed by atoms with van der Waals surface area (Å²) >= 11 is 6.24. The number of hydrogen-bond acceptors (Lipinski definition) is 7.